The van der Waals surface area contributed by atoms with E-state index in [1.54, 1.807) is 18.4 Å². The lowest BCUT2D eigenvalue weighted by molar-refractivity contribution is 0.413. The first-order chi connectivity index (χ1) is 9.13. The van der Waals surface area contributed by atoms with Crippen LogP contribution in [0.4, 0.5) is 0 Å². The van der Waals surface area contributed by atoms with Crippen LogP contribution in [0, 0.1) is 6.92 Å². The molecular formula is C14H17ClN2OS. The van der Waals surface area contributed by atoms with Gasteiger partial charge < -0.3 is 10.1 Å². The van der Waals surface area contributed by atoms with Gasteiger partial charge in [-0.3, -0.25) is 0 Å². The molecule has 0 saturated carbocycles. The van der Waals surface area contributed by atoms with Gasteiger partial charge in [0.05, 0.1) is 17.1 Å². The Balaban J connectivity index is 2.21. The first-order valence-corrected chi connectivity index (χ1v) is 7.31. The maximum atomic E-state index is 6.05. The normalized spacial score (nSPS) is 12.4. The highest BCUT2D eigenvalue weighted by Gasteiger charge is 2.14. The smallest absolute Gasteiger partial charge is 0.137 e. The van der Waals surface area contributed by atoms with Crippen molar-refractivity contribution in [1.29, 1.82) is 0 Å². The van der Waals surface area contributed by atoms with Crippen LogP contribution in [-0.4, -0.2) is 19.1 Å². The Hall–Kier alpha value is -1.10. The molecule has 5 heteroatoms. The zero-order valence-electron chi connectivity index (χ0n) is 11.2. The predicted molar refractivity (Wildman–Crippen MR) is 80.4 cm³/mol. The van der Waals surface area contributed by atoms with Gasteiger partial charge in [0.15, 0.2) is 0 Å². The lowest BCUT2D eigenvalue weighted by Gasteiger charge is -2.16. The van der Waals surface area contributed by atoms with Crippen molar-refractivity contribution in [3.63, 3.8) is 0 Å². The molecule has 3 nitrogen and oxygen atoms in total. The minimum absolute atomic E-state index is 0.205. The Morgan fingerprint density at radius 3 is 2.84 bits per heavy atom. The number of benzene rings is 1. The summed E-state index contributed by atoms with van der Waals surface area (Å²) in [5.41, 5.74) is 2.22. The number of hydrogen-bond acceptors (Lipinski definition) is 4. The van der Waals surface area contributed by atoms with Gasteiger partial charge in [0, 0.05) is 23.5 Å². The van der Waals surface area contributed by atoms with Crippen LogP contribution in [0.15, 0.2) is 23.6 Å². The molecule has 1 unspecified atom stereocenters. The predicted octanol–water partition coefficient (Wildman–Crippen LogP) is 3.62. The largest absolute Gasteiger partial charge is 0.495 e. The second-order valence-corrected chi connectivity index (χ2v) is 5.67. The second-order valence-electron chi connectivity index (χ2n) is 4.32. The number of aromatic nitrogens is 1. The molecule has 1 atom stereocenters. The summed E-state index contributed by atoms with van der Waals surface area (Å²) in [6.45, 7) is 2.01. The Kier molecular flexibility index (Phi) is 4.80. The molecule has 0 spiro atoms. The van der Waals surface area contributed by atoms with Crippen molar-refractivity contribution in [3.05, 3.63) is 44.9 Å². The van der Waals surface area contributed by atoms with Crippen LogP contribution in [0.2, 0.25) is 5.02 Å². The summed E-state index contributed by atoms with van der Waals surface area (Å²) in [4.78, 5) is 4.51. The average molecular weight is 297 g/mol. The quantitative estimate of drug-likeness (QED) is 0.915. The Morgan fingerprint density at radius 1 is 1.47 bits per heavy atom. The van der Waals surface area contributed by atoms with Gasteiger partial charge in [0.2, 0.25) is 0 Å². The summed E-state index contributed by atoms with van der Waals surface area (Å²) < 4.78 is 5.26. The molecular weight excluding hydrogens is 280 g/mol. The summed E-state index contributed by atoms with van der Waals surface area (Å²) in [5, 5.41) is 7.15. The fourth-order valence-electron chi connectivity index (χ4n) is 1.95. The van der Waals surface area contributed by atoms with Crippen molar-refractivity contribution < 1.29 is 4.74 Å². The van der Waals surface area contributed by atoms with Crippen molar-refractivity contribution in [2.45, 2.75) is 19.4 Å². The number of hydrogen-bond donors (Lipinski definition) is 1. The second kappa shape index (κ2) is 6.37. The number of nitrogens with one attached hydrogen (secondary N) is 1. The fraction of sp³-hybridized carbons (Fsp3) is 0.357. The van der Waals surface area contributed by atoms with Crippen LogP contribution in [0.25, 0.3) is 0 Å². The van der Waals surface area contributed by atoms with E-state index in [9.17, 15) is 0 Å². The number of aryl methyl sites for hydroxylation is 1. The van der Waals surface area contributed by atoms with Gasteiger partial charge in [0.25, 0.3) is 0 Å². The van der Waals surface area contributed by atoms with E-state index < -0.39 is 0 Å². The summed E-state index contributed by atoms with van der Waals surface area (Å²) in [6, 6.07) is 6.07. The highest BCUT2D eigenvalue weighted by molar-refractivity contribution is 7.09. The maximum Gasteiger partial charge on any atom is 0.137 e. The third-order valence-electron chi connectivity index (χ3n) is 2.97. The molecule has 0 aliphatic rings. The molecule has 0 aliphatic carbocycles. The zero-order valence-corrected chi connectivity index (χ0v) is 12.8. The molecule has 0 amide bonds. The van der Waals surface area contributed by atoms with Gasteiger partial charge in [-0.2, -0.15) is 0 Å². The maximum absolute atomic E-state index is 6.05. The van der Waals surface area contributed by atoms with E-state index >= 15 is 0 Å². The third kappa shape index (κ3) is 3.47. The molecule has 1 aromatic carbocycles. The van der Waals surface area contributed by atoms with Gasteiger partial charge >= 0.3 is 0 Å². The van der Waals surface area contributed by atoms with E-state index in [2.05, 4.69) is 15.7 Å². The first kappa shape index (κ1) is 14.3. The molecule has 102 valence electrons. The van der Waals surface area contributed by atoms with Crippen molar-refractivity contribution in [2.24, 2.45) is 0 Å². The van der Waals surface area contributed by atoms with E-state index in [0.717, 1.165) is 22.7 Å². The molecule has 1 N–H and O–H groups in total. The van der Waals surface area contributed by atoms with E-state index in [1.165, 1.54) is 0 Å². The van der Waals surface area contributed by atoms with Gasteiger partial charge in [-0.1, -0.05) is 17.7 Å². The highest BCUT2D eigenvalue weighted by atomic mass is 35.5. The number of ether oxygens (including phenoxy) is 1. The molecule has 0 aliphatic heterocycles. The van der Waals surface area contributed by atoms with E-state index in [0.29, 0.717) is 10.8 Å². The van der Waals surface area contributed by atoms with Crippen LogP contribution in [0.5, 0.6) is 5.75 Å². The standard InChI is InChI=1S/C14H17ClN2OS/c1-9-8-19-14(17-9)7-12(16-2)10-4-5-11(15)13(6-10)18-3/h4-6,8,12,16H,7H2,1-3H3. The van der Waals surface area contributed by atoms with E-state index in [4.69, 9.17) is 16.3 Å². The fourth-order valence-corrected chi connectivity index (χ4v) is 2.96. The van der Waals surface area contributed by atoms with Gasteiger partial charge in [0.1, 0.15) is 5.75 Å². The van der Waals surface area contributed by atoms with Crippen molar-refractivity contribution in [3.8, 4) is 5.75 Å². The minimum Gasteiger partial charge on any atom is -0.495 e. The van der Waals surface area contributed by atoms with Crippen LogP contribution in [0.1, 0.15) is 22.3 Å². The lowest BCUT2D eigenvalue weighted by Crippen LogP contribution is -2.18. The Labute approximate surface area is 122 Å². The Bertz CT molecular complexity index is 556. The average Bonchev–Trinajstić information content (AvgIpc) is 2.82. The monoisotopic (exact) mass is 296 g/mol. The van der Waals surface area contributed by atoms with Crippen molar-refractivity contribution in [2.75, 3.05) is 14.2 Å². The molecule has 2 rings (SSSR count). The van der Waals surface area contributed by atoms with Crippen molar-refractivity contribution >= 4 is 22.9 Å². The summed E-state index contributed by atoms with van der Waals surface area (Å²) in [7, 11) is 3.58. The highest BCUT2D eigenvalue weighted by Crippen LogP contribution is 2.29. The lowest BCUT2D eigenvalue weighted by atomic mass is 10.0. The first-order valence-electron chi connectivity index (χ1n) is 6.05. The summed E-state index contributed by atoms with van der Waals surface area (Å²) >= 11 is 7.74. The van der Waals surface area contributed by atoms with Gasteiger partial charge in [-0.05, 0) is 31.7 Å². The number of methoxy groups -OCH3 is 1. The van der Waals surface area contributed by atoms with E-state index in [1.807, 2.05) is 32.2 Å². The molecule has 0 bridgehead atoms. The summed E-state index contributed by atoms with van der Waals surface area (Å²) in [5.74, 6) is 0.703. The number of likely N-dealkylation sites (N-methyl/N-ethyl adjacent to an activating group) is 1. The zero-order chi connectivity index (χ0) is 13.8. The number of halogens is 1. The molecule has 19 heavy (non-hydrogen) atoms. The van der Waals surface area contributed by atoms with Crippen LogP contribution in [0.3, 0.4) is 0 Å². The van der Waals surface area contributed by atoms with Gasteiger partial charge in [-0.15, -0.1) is 11.3 Å². The minimum atomic E-state index is 0.205. The number of thiazole rings is 1. The van der Waals surface area contributed by atoms with Gasteiger partial charge in [-0.25, -0.2) is 4.98 Å². The summed E-state index contributed by atoms with van der Waals surface area (Å²) in [6.07, 6.45) is 0.861. The van der Waals surface area contributed by atoms with Crippen molar-refractivity contribution in [1.82, 2.24) is 10.3 Å². The topological polar surface area (TPSA) is 34.2 Å². The Morgan fingerprint density at radius 2 is 2.26 bits per heavy atom. The molecule has 1 aromatic heterocycles. The molecule has 0 radical (unpaired) electrons. The molecule has 0 fully saturated rings. The van der Waals surface area contributed by atoms with E-state index in [-0.39, 0.29) is 6.04 Å². The number of rotatable bonds is 5. The SMILES string of the molecule is CNC(Cc1nc(C)cs1)c1ccc(Cl)c(OC)c1. The van der Waals surface area contributed by atoms with Crippen LogP contribution < -0.4 is 10.1 Å². The third-order valence-corrected chi connectivity index (χ3v) is 4.27. The van der Waals surface area contributed by atoms with Crippen LogP contribution in [-0.2, 0) is 6.42 Å². The van der Waals surface area contributed by atoms with Crippen LogP contribution >= 0.6 is 22.9 Å². The molecule has 2 aromatic rings. The molecule has 0 saturated heterocycles. The molecule has 1 heterocycles. The number of nitrogens with zero attached hydrogens (tertiary/aromatic N) is 1.